The quantitative estimate of drug-likeness (QED) is 0.712. The van der Waals surface area contributed by atoms with Gasteiger partial charge in [-0.05, 0) is 58.6 Å². The zero-order valence-electron chi connectivity index (χ0n) is 11.5. The van der Waals surface area contributed by atoms with Gasteiger partial charge in [0.15, 0.2) is 0 Å². The maximum absolute atomic E-state index is 5.84. The number of rotatable bonds is 4. The molecule has 2 heteroatoms. The van der Waals surface area contributed by atoms with E-state index in [2.05, 4.69) is 54.6 Å². The lowest BCUT2D eigenvalue weighted by molar-refractivity contribution is 0.551. The molecule has 2 nitrogen and oxygen atoms in total. The molecular formula is C18H20N2. The van der Waals surface area contributed by atoms with Crippen LogP contribution in [-0.4, -0.2) is 13.1 Å². The van der Waals surface area contributed by atoms with Crippen LogP contribution in [0.2, 0.25) is 0 Å². The van der Waals surface area contributed by atoms with Gasteiger partial charge in [-0.15, -0.1) is 0 Å². The Balaban J connectivity index is 2.27. The van der Waals surface area contributed by atoms with Crippen molar-refractivity contribution in [1.29, 1.82) is 0 Å². The van der Waals surface area contributed by atoms with E-state index in [0.717, 1.165) is 6.42 Å². The molecule has 0 aromatic heterocycles. The summed E-state index contributed by atoms with van der Waals surface area (Å²) in [5.41, 5.74) is 13.1. The van der Waals surface area contributed by atoms with Crippen molar-refractivity contribution in [2.45, 2.75) is 6.42 Å². The Morgan fingerprint density at radius 1 is 0.750 bits per heavy atom. The van der Waals surface area contributed by atoms with Crippen LogP contribution >= 0.6 is 0 Å². The lowest BCUT2D eigenvalue weighted by Gasteiger charge is -2.16. The van der Waals surface area contributed by atoms with Crippen LogP contribution in [-0.2, 0) is 6.42 Å². The van der Waals surface area contributed by atoms with Crippen molar-refractivity contribution in [1.82, 2.24) is 0 Å². The molecule has 20 heavy (non-hydrogen) atoms. The lowest BCUT2D eigenvalue weighted by Crippen LogP contribution is -2.25. The van der Waals surface area contributed by atoms with Crippen molar-refractivity contribution >= 4 is 21.5 Å². The summed E-state index contributed by atoms with van der Waals surface area (Å²) >= 11 is 0. The molecule has 0 amide bonds. The van der Waals surface area contributed by atoms with Gasteiger partial charge in [-0.25, -0.2) is 0 Å². The summed E-state index contributed by atoms with van der Waals surface area (Å²) in [5, 5.41) is 5.21. The molecule has 102 valence electrons. The van der Waals surface area contributed by atoms with Gasteiger partial charge in [-0.2, -0.15) is 0 Å². The van der Waals surface area contributed by atoms with Crippen LogP contribution < -0.4 is 11.5 Å². The van der Waals surface area contributed by atoms with Crippen molar-refractivity contribution in [2.75, 3.05) is 13.1 Å². The molecule has 4 N–H and O–H groups in total. The SMILES string of the molecule is NCC(CN)Cc1c2ccccc2cc2ccccc12. The highest BCUT2D eigenvalue weighted by Crippen LogP contribution is 2.30. The van der Waals surface area contributed by atoms with Gasteiger partial charge in [-0.1, -0.05) is 48.5 Å². The Labute approximate surface area is 119 Å². The summed E-state index contributed by atoms with van der Waals surface area (Å²) in [7, 11) is 0. The van der Waals surface area contributed by atoms with Crippen LogP contribution in [0.4, 0.5) is 0 Å². The Bertz CT molecular complexity index is 676. The summed E-state index contributed by atoms with van der Waals surface area (Å²) in [4.78, 5) is 0. The number of fused-ring (bicyclic) bond motifs is 2. The first-order valence-electron chi connectivity index (χ1n) is 7.13. The van der Waals surface area contributed by atoms with E-state index in [1.54, 1.807) is 0 Å². The first kappa shape index (κ1) is 13.1. The zero-order valence-corrected chi connectivity index (χ0v) is 11.5. The Morgan fingerprint density at radius 2 is 1.25 bits per heavy atom. The smallest absolute Gasteiger partial charge is 0.00336 e. The third kappa shape index (κ3) is 2.28. The lowest BCUT2D eigenvalue weighted by atomic mass is 9.90. The minimum absolute atomic E-state index is 0.337. The standard InChI is InChI=1S/C18H20N2/c19-11-13(12-20)9-18-16-7-3-1-5-14(16)10-15-6-2-4-8-17(15)18/h1-8,10,13H,9,11-12,19-20H2. The van der Waals surface area contributed by atoms with E-state index in [9.17, 15) is 0 Å². The maximum Gasteiger partial charge on any atom is -0.00336 e. The molecule has 3 aromatic carbocycles. The van der Waals surface area contributed by atoms with Crippen LogP contribution in [0.5, 0.6) is 0 Å². The topological polar surface area (TPSA) is 52.0 Å². The summed E-state index contributed by atoms with van der Waals surface area (Å²) in [5.74, 6) is 0.337. The average molecular weight is 264 g/mol. The first-order valence-corrected chi connectivity index (χ1v) is 7.13. The van der Waals surface area contributed by atoms with E-state index in [-0.39, 0.29) is 0 Å². The highest BCUT2D eigenvalue weighted by molar-refractivity contribution is 6.02. The summed E-state index contributed by atoms with van der Waals surface area (Å²) < 4.78 is 0. The van der Waals surface area contributed by atoms with Crippen molar-refractivity contribution in [2.24, 2.45) is 17.4 Å². The third-order valence-electron chi connectivity index (χ3n) is 4.04. The molecule has 0 saturated carbocycles. The van der Waals surface area contributed by atoms with E-state index < -0.39 is 0 Å². The van der Waals surface area contributed by atoms with E-state index in [1.807, 2.05) is 0 Å². The van der Waals surface area contributed by atoms with E-state index >= 15 is 0 Å². The molecule has 0 saturated heterocycles. The third-order valence-corrected chi connectivity index (χ3v) is 4.04. The molecule has 0 bridgehead atoms. The van der Waals surface area contributed by atoms with Crippen LogP contribution in [0.3, 0.4) is 0 Å². The second-order valence-corrected chi connectivity index (χ2v) is 5.34. The molecule has 0 unspecified atom stereocenters. The Hall–Kier alpha value is -1.90. The van der Waals surface area contributed by atoms with Crippen LogP contribution in [0.1, 0.15) is 5.56 Å². The number of benzene rings is 3. The molecule has 0 aliphatic heterocycles. The molecule has 0 fully saturated rings. The molecule has 0 heterocycles. The molecule has 0 aliphatic rings. The van der Waals surface area contributed by atoms with Crippen LogP contribution in [0.15, 0.2) is 54.6 Å². The summed E-state index contributed by atoms with van der Waals surface area (Å²) in [6.07, 6.45) is 0.939. The van der Waals surface area contributed by atoms with E-state index in [4.69, 9.17) is 11.5 Å². The molecule has 0 radical (unpaired) electrons. The van der Waals surface area contributed by atoms with Crippen molar-refractivity contribution < 1.29 is 0 Å². The molecule has 3 aromatic rings. The van der Waals surface area contributed by atoms with Gasteiger partial charge in [0.2, 0.25) is 0 Å². The normalized spacial score (nSPS) is 11.6. The highest BCUT2D eigenvalue weighted by atomic mass is 14.6. The second kappa shape index (κ2) is 5.61. The Morgan fingerprint density at radius 3 is 1.75 bits per heavy atom. The fraction of sp³-hybridized carbons (Fsp3) is 0.222. The molecule has 3 rings (SSSR count). The average Bonchev–Trinajstić information content (AvgIpc) is 2.51. The van der Waals surface area contributed by atoms with Crippen molar-refractivity contribution in [3.8, 4) is 0 Å². The second-order valence-electron chi connectivity index (χ2n) is 5.34. The van der Waals surface area contributed by atoms with Gasteiger partial charge in [0.05, 0.1) is 0 Å². The predicted octanol–water partition coefficient (Wildman–Crippen LogP) is 3.07. The van der Waals surface area contributed by atoms with Gasteiger partial charge in [-0.3, -0.25) is 0 Å². The fourth-order valence-corrected chi connectivity index (χ4v) is 2.88. The van der Waals surface area contributed by atoms with Crippen LogP contribution in [0.25, 0.3) is 21.5 Å². The Kier molecular flexibility index (Phi) is 3.68. The minimum atomic E-state index is 0.337. The number of hydrogen-bond donors (Lipinski definition) is 2. The van der Waals surface area contributed by atoms with Gasteiger partial charge in [0.25, 0.3) is 0 Å². The van der Waals surface area contributed by atoms with E-state index in [1.165, 1.54) is 27.1 Å². The summed E-state index contributed by atoms with van der Waals surface area (Å²) in [6.45, 7) is 1.27. The maximum atomic E-state index is 5.84. The number of hydrogen-bond acceptors (Lipinski definition) is 2. The monoisotopic (exact) mass is 264 g/mol. The largest absolute Gasteiger partial charge is 0.330 e. The van der Waals surface area contributed by atoms with Gasteiger partial charge in [0, 0.05) is 0 Å². The van der Waals surface area contributed by atoms with Crippen LogP contribution in [0, 0.1) is 5.92 Å². The van der Waals surface area contributed by atoms with E-state index in [0.29, 0.717) is 19.0 Å². The number of nitrogens with two attached hydrogens (primary N) is 2. The molecule has 0 aliphatic carbocycles. The first-order chi connectivity index (χ1) is 9.83. The predicted molar refractivity (Wildman–Crippen MR) is 86.8 cm³/mol. The minimum Gasteiger partial charge on any atom is -0.330 e. The fourth-order valence-electron chi connectivity index (χ4n) is 2.88. The molecule has 0 spiro atoms. The van der Waals surface area contributed by atoms with Gasteiger partial charge >= 0.3 is 0 Å². The molecule has 0 atom stereocenters. The zero-order chi connectivity index (χ0) is 13.9. The van der Waals surface area contributed by atoms with Crippen molar-refractivity contribution in [3.63, 3.8) is 0 Å². The van der Waals surface area contributed by atoms with Crippen molar-refractivity contribution in [3.05, 3.63) is 60.2 Å². The highest BCUT2D eigenvalue weighted by Gasteiger charge is 2.12. The summed E-state index contributed by atoms with van der Waals surface area (Å²) in [6, 6.07) is 19.4. The van der Waals surface area contributed by atoms with Gasteiger partial charge in [0.1, 0.15) is 0 Å². The van der Waals surface area contributed by atoms with Gasteiger partial charge < -0.3 is 11.5 Å². The molecular weight excluding hydrogens is 244 g/mol.